The number of anilines is 2. The van der Waals surface area contributed by atoms with Gasteiger partial charge in [0.1, 0.15) is 5.82 Å². The van der Waals surface area contributed by atoms with Gasteiger partial charge in [0.25, 0.3) is 5.56 Å². The Labute approximate surface area is 103 Å². The average Bonchev–Trinajstić information content (AvgIpc) is 2.75. The molecule has 0 amide bonds. The van der Waals surface area contributed by atoms with E-state index in [1.165, 1.54) is 0 Å². The molecule has 90 valence electrons. The van der Waals surface area contributed by atoms with Gasteiger partial charge in [0.15, 0.2) is 5.82 Å². The van der Waals surface area contributed by atoms with Crippen LogP contribution >= 0.6 is 0 Å². The largest absolute Gasteiger partial charge is 0.325 e. The second-order valence-electron chi connectivity index (χ2n) is 4.10. The zero-order valence-corrected chi connectivity index (χ0v) is 9.84. The molecular weight excluding hydrogens is 228 g/mol. The van der Waals surface area contributed by atoms with Gasteiger partial charge in [-0.3, -0.25) is 9.48 Å². The van der Waals surface area contributed by atoms with Crippen molar-refractivity contribution in [1.82, 2.24) is 14.8 Å². The molecule has 0 aliphatic carbocycles. The van der Waals surface area contributed by atoms with Crippen LogP contribution in [-0.4, -0.2) is 14.8 Å². The summed E-state index contributed by atoms with van der Waals surface area (Å²) in [5.41, 5.74) is -0.105. The maximum atomic E-state index is 11.9. The van der Waals surface area contributed by atoms with E-state index < -0.39 is 0 Å². The minimum Gasteiger partial charge on any atom is -0.325 e. The van der Waals surface area contributed by atoms with Crippen molar-refractivity contribution < 1.29 is 0 Å². The minimum atomic E-state index is -0.105. The number of hydrogen-bond acceptors (Lipinski definition) is 3. The zero-order chi connectivity index (χ0) is 12.5. The second kappa shape index (κ2) is 4.03. The number of hydrogen-bond donors (Lipinski definition) is 2. The molecule has 2 heterocycles. The SMILES string of the molecule is Cn1ccc(Nc2cc3ccccc3c(=O)[nH]2)n1. The fraction of sp³-hybridized carbons (Fsp3) is 0.0769. The number of nitrogens with zero attached hydrogens (tertiary/aromatic N) is 2. The van der Waals surface area contributed by atoms with Crippen LogP contribution < -0.4 is 10.9 Å². The lowest BCUT2D eigenvalue weighted by molar-refractivity contribution is 0.771. The number of rotatable bonds is 2. The summed E-state index contributed by atoms with van der Waals surface area (Å²) in [7, 11) is 1.84. The van der Waals surface area contributed by atoms with E-state index in [-0.39, 0.29) is 5.56 Å². The molecule has 3 rings (SSSR count). The molecule has 5 nitrogen and oxygen atoms in total. The third-order valence-electron chi connectivity index (χ3n) is 2.73. The van der Waals surface area contributed by atoms with Crippen LogP contribution in [0, 0.1) is 0 Å². The molecule has 0 bridgehead atoms. The van der Waals surface area contributed by atoms with E-state index in [9.17, 15) is 4.79 Å². The molecule has 5 heteroatoms. The molecule has 2 N–H and O–H groups in total. The number of aromatic nitrogens is 3. The Kier molecular flexibility index (Phi) is 2.37. The van der Waals surface area contributed by atoms with Crippen LogP contribution in [0.1, 0.15) is 0 Å². The zero-order valence-electron chi connectivity index (χ0n) is 9.84. The summed E-state index contributed by atoms with van der Waals surface area (Å²) < 4.78 is 1.70. The maximum absolute atomic E-state index is 11.9. The van der Waals surface area contributed by atoms with Crippen LogP contribution in [0.25, 0.3) is 10.8 Å². The molecule has 2 aromatic heterocycles. The van der Waals surface area contributed by atoms with Gasteiger partial charge in [-0.05, 0) is 17.5 Å². The number of H-pyrrole nitrogens is 1. The number of nitrogens with one attached hydrogen (secondary N) is 2. The Bertz CT molecular complexity index is 757. The Balaban J connectivity index is 2.05. The molecule has 0 fully saturated rings. The predicted molar refractivity (Wildman–Crippen MR) is 71.1 cm³/mol. The van der Waals surface area contributed by atoms with E-state index in [4.69, 9.17) is 0 Å². The van der Waals surface area contributed by atoms with E-state index >= 15 is 0 Å². The van der Waals surface area contributed by atoms with E-state index in [0.29, 0.717) is 17.0 Å². The van der Waals surface area contributed by atoms with Crippen molar-refractivity contribution in [2.24, 2.45) is 7.05 Å². The quantitative estimate of drug-likeness (QED) is 0.720. The van der Waals surface area contributed by atoms with Gasteiger partial charge in [0.05, 0.1) is 0 Å². The predicted octanol–water partition coefficient (Wildman–Crippen LogP) is 2.01. The lowest BCUT2D eigenvalue weighted by Gasteiger charge is -2.04. The average molecular weight is 240 g/mol. The van der Waals surface area contributed by atoms with E-state index in [1.807, 2.05) is 43.6 Å². The Morgan fingerprint density at radius 3 is 2.89 bits per heavy atom. The van der Waals surface area contributed by atoms with Gasteiger partial charge in [0.2, 0.25) is 0 Å². The standard InChI is InChI=1S/C13H12N4O/c1-17-7-6-11(16-17)14-12-8-9-4-2-3-5-10(9)13(18)15-12/h2-8H,1H3,(H2,14,15,16,18). The van der Waals surface area contributed by atoms with Crippen LogP contribution in [0.3, 0.4) is 0 Å². The molecule has 1 aromatic carbocycles. The topological polar surface area (TPSA) is 62.7 Å². The monoisotopic (exact) mass is 240 g/mol. The lowest BCUT2D eigenvalue weighted by atomic mass is 10.2. The van der Waals surface area contributed by atoms with Crippen molar-refractivity contribution in [3.63, 3.8) is 0 Å². The molecular formula is C13H12N4O. The van der Waals surface area contributed by atoms with Crippen LogP contribution in [0.4, 0.5) is 11.6 Å². The van der Waals surface area contributed by atoms with Crippen LogP contribution in [0.5, 0.6) is 0 Å². The van der Waals surface area contributed by atoms with Crippen LogP contribution in [-0.2, 0) is 7.05 Å². The van der Waals surface area contributed by atoms with Crippen molar-refractivity contribution in [3.05, 3.63) is 52.9 Å². The lowest BCUT2D eigenvalue weighted by Crippen LogP contribution is -2.08. The van der Waals surface area contributed by atoms with Crippen molar-refractivity contribution in [2.45, 2.75) is 0 Å². The summed E-state index contributed by atoms with van der Waals surface area (Å²) >= 11 is 0. The van der Waals surface area contributed by atoms with Gasteiger partial charge in [-0.15, -0.1) is 0 Å². The fourth-order valence-electron chi connectivity index (χ4n) is 1.90. The van der Waals surface area contributed by atoms with Gasteiger partial charge in [0, 0.05) is 24.7 Å². The molecule has 0 spiro atoms. The summed E-state index contributed by atoms with van der Waals surface area (Å²) in [5.74, 6) is 1.33. The molecule has 0 saturated carbocycles. The molecule has 0 radical (unpaired) electrons. The Hall–Kier alpha value is -2.56. The molecule has 0 atom stereocenters. The molecule has 0 aliphatic heterocycles. The van der Waals surface area contributed by atoms with E-state index in [0.717, 1.165) is 5.39 Å². The van der Waals surface area contributed by atoms with Gasteiger partial charge >= 0.3 is 0 Å². The maximum Gasteiger partial charge on any atom is 0.257 e. The Morgan fingerprint density at radius 2 is 2.11 bits per heavy atom. The molecule has 3 aromatic rings. The first-order valence-electron chi connectivity index (χ1n) is 5.61. The van der Waals surface area contributed by atoms with Gasteiger partial charge in [-0.25, -0.2) is 0 Å². The fourth-order valence-corrected chi connectivity index (χ4v) is 1.90. The third kappa shape index (κ3) is 1.86. The summed E-state index contributed by atoms with van der Waals surface area (Å²) in [6.45, 7) is 0. The smallest absolute Gasteiger partial charge is 0.257 e. The van der Waals surface area contributed by atoms with Crippen molar-refractivity contribution >= 4 is 22.4 Å². The first-order chi connectivity index (χ1) is 8.72. The molecule has 0 saturated heterocycles. The first kappa shape index (κ1) is 10.6. The number of pyridine rings is 1. The van der Waals surface area contributed by atoms with Gasteiger partial charge in [-0.1, -0.05) is 18.2 Å². The normalized spacial score (nSPS) is 10.7. The highest BCUT2D eigenvalue weighted by atomic mass is 16.1. The highest BCUT2D eigenvalue weighted by Gasteiger charge is 2.02. The van der Waals surface area contributed by atoms with E-state index in [2.05, 4.69) is 15.4 Å². The number of benzene rings is 1. The van der Waals surface area contributed by atoms with Gasteiger partial charge < -0.3 is 10.3 Å². The highest BCUT2D eigenvalue weighted by Crippen LogP contribution is 2.15. The van der Waals surface area contributed by atoms with Crippen LogP contribution in [0.15, 0.2) is 47.4 Å². The second-order valence-corrected chi connectivity index (χ2v) is 4.10. The summed E-state index contributed by atoms with van der Waals surface area (Å²) in [6.07, 6.45) is 1.83. The summed E-state index contributed by atoms with van der Waals surface area (Å²) in [6, 6.07) is 11.2. The number of aryl methyl sites for hydroxylation is 1. The molecule has 0 unspecified atom stereocenters. The third-order valence-corrected chi connectivity index (χ3v) is 2.73. The summed E-state index contributed by atoms with van der Waals surface area (Å²) in [4.78, 5) is 14.7. The van der Waals surface area contributed by atoms with E-state index in [1.54, 1.807) is 10.7 Å². The van der Waals surface area contributed by atoms with Crippen molar-refractivity contribution in [3.8, 4) is 0 Å². The first-order valence-corrected chi connectivity index (χ1v) is 5.61. The van der Waals surface area contributed by atoms with Crippen LogP contribution in [0.2, 0.25) is 0 Å². The molecule has 0 aliphatic rings. The number of aromatic amines is 1. The summed E-state index contributed by atoms with van der Waals surface area (Å²) in [5, 5.41) is 8.86. The van der Waals surface area contributed by atoms with Gasteiger partial charge in [-0.2, -0.15) is 5.10 Å². The van der Waals surface area contributed by atoms with Crippen molar-refractivity contribution in [2.75, 3.05) is 5.32 Å². The number of fused-ring (bicyclic) bond motifs is 1. The van der Waals surface area contributed by atoms with Crippen molar-refractivity contribution in [1.29, 1.82) is 0 Å². The highest BCUT2D eigenvalue weighted by molar-refractivity contribution is 5.84. The Morgan fingerprint density at radius 1 is 1.28 bits per heavy atom. The molecule has 18 heavy (non-hydrogen) atoms. The minimum absolute atomic E-state index is 0.105.